The maximum absolute atomic E-state index is 12.5. The molecule has 2 saturated carbocycles. The minimum atomic E-state index is -1.04. The minimum Gasteiger partial charge on any atom is -0.394 e. The van der Waals surface area contributed by atoms with Gasteiger partial charge in [-0.3, -0.25) is 9.59 Å². The van der Waals surface area contributed by atoms with Gasteiger partial charge in [0.1, 0.15) is 6.04 Å². The third-order valence-electron chi connectivity index (χ3n) is 6.87. The highest BCUT2D eigenvalue weighted by atomic mass is 32.1. The Hall–Kier alpha value is -1.51. The van der Waals surface area contributed by atoms with E-state index in [1.54, 1.807) is 11.6 Å². The van der Waals surface area contributed by atoms with Crippen molar-refractivity contribution < 1.29 is 19.8 Å². The van der Waals surface area contributed by atoms with E-state index in [4.69, 9.17) is 0 Å². The predicted octanol–water partition coefficient (Wildman–Crippen LogP) is 1.38. The second-order valence-electron chi connectivity index (χ2n) is 8.23. The molecule has 26 heavy (non-hydrogen) atoms. The molecule has 0 saturated heterocycles. The average Bonchev–Trinajstić information content (AvgIpc) is 3.20. The fourth-order valence-electron chi connectivity index (χ4n) is 4.93. The second kappa shape index (κ2) is 6.90. The number of anilines is 1. The molecule has 2 bridgehead atoms. The molecule has 1 aromatic heterocycles. The number of carbonyl (C=O) groups excluding carboxylic acids is 2. The molecule has 0 aliphatic heterocycles. The molecule has 4 N–H and O–H groups in total. The van der Waals surface area contributed by atoms with E-state index in [2.05, 4.69) is 36.4 Å². The standard InChI is InChI=1S/C18H27N3O4S/c1-17(2)11-4-5-18(17,3)14(24)10(11)8-13(23)20-12(9-22)15(25)21-16-19-6-7-26-16/h6-7,10-12,14,22,24H,4-5,8-9H2,1-3H3,(H,20,23)(H,19,21,25)/t10?,11?,12-,14?,18?/m0/s1. The number of hydrogen-bond acceptors (Lipinski definition) is 6. The summed E-state index contributed by atoms with van der Waals surface area (Å²) in [6.07, 6.45) is 3.17. The number of rotatable bonds is 6. The number of hydrogen-bond donors (Lipinski definition) is 4. The smallest absolute Gasteiger partial charge is 0.251 e. The maximum Gasteiger partial charge on any atom is 0.251 e. The molecule has 2 aliphatic rings. The zero-order valence-corrected chi connectivity index (χ0v) is 16.2. The Labute approximate surface area is 157 Å². The summed E-state index contributed by atoms with van der Waals surface area (Å²) in [5.41, 5.74) is -0.197. The van der Waals surface area contributed by atoms with Gasteiger partial charge in [-0.2, -0.15) is 0 Å². The number of nitrogens with one attached hydrogen (secondary N) is 2. The van der Waals surface area contributed by atoms with Crippen molar-refractivity contribution in [2.24, 2.45) is 22.7 Å². The van der Waals surface area contributed by atoms with Crippen LogP contribution >= 0.6 is 11.3 Å². The van der Waals surface area contributed by atoms with Crippen LogP contribution in [0.5, 0.6) is 0 Å². The van der Waals surface area contributed by atoms with Gasteiger partial charge < -0.3 is 20.8 Å². The summed E-state index contributed by atoms with van der Waals surface area (Å²) < 4.78 is 0. The molecule has 1 aromatic rings. The molecule has 1 heterocycles. The van der Waals surface area contributed by atoms with Crippen LogP contribution in [0.1, 0.15) is 40.0 Å². The van der Waals surface area contributed by atoms with Crippen molar-refractivity contribution in [3.63, 3.8) is 0 Å². The number of fused-ring (bicyclic) bond motifs is 2. The van der Waals surface area contributed by atoms with Crippen LogP contribution in [0.25, 0.3) is 0 Å². The number of nitrogens with zero attached hydrogens (tertiary/aromatic N) is 1. The molecule has 2 amide bonds. The lowest BCUT2D eigenvalue weighted by atomic mass is 9.70. The minimum absolute atomic E-state index is 0.0179. The number of aromatic nitrogens is 1. The summed E-state index contributed by atoms with van der Waals surface area (Å²) in [6.45, 7) is 5.95. The molecule has 3 rings (SSSR count). The lowest BCUT2D eigenvalue weighted by molar-refractivity contribution is -0.129. The molecule has 2 fully saturated rings. The monoisotopic (exact) mass is 381 g/mol. The Morgan fingerprint density at radius 3 is 2.69 bits per heavy atom. The van der Waals surface area contributed by atoms with E-state index in [1.807, 2.05) is 0 Å². The normalized spacial score (nSPS) is 33.0. The summed E-state index contributed by atoms with van der Waals surface area (Å²) >= 11 is 1.26. The van der Waals surface area contributed by atoms with Crippen molar-refractivity contribution in [1.29, 1.82) is 0 Å². The van der Waals surface area contributed by atoms with E-state index < -0.39 is 24.7 Å². The molecule has 8 heteroatoms. The number of aliphatic hydroxyl groups is 2. The summed E-state index contributed by atoms with van der Waals surface area (Å²) in [4.78, 5) is 28.6. The molecule has 2 aliphatic carbocycles. The summed E-state index contributed by atoms with van der Waals surface area (Å²) in [5.74, 6) is -0.666. The first kappa shape index (κ1) is 19.3. The van der Waals surface area contributed by atoms with Crippen LogP contribution in [0.3, 0.4) is 0 Å². The van der Waals surface area contributed by atoms with Gasteiger partial charge in [0.15, 0.2) is 5.13 Å². The van der Waals surface area contributed by atoms with Gasteiger partial charge in [0.2, 0.25) is 5.91 Å². The highest BCUT2D eigenvalue weighted by Crippen LogP contribution is 2.68. The van der Waals surface area contributed by atoms with Crippen LogP contribution in [-0.4, -0.2) is 45.8 Å². The zero-order valence-electron chi connectivity index (χ0n) is 15.4. The van der Waals surface area contributed by atoms with E-state index in [1.165, 1.54) is 11.3 Å². The third-order valence-corrected chi connectivity index (χ3v) is 7.56. The number of carbonyl (C=O) groups is 2. The van der Waals surface area contributed by atoms with Crippen molar-refractivity contribution in [3.05, 3.63) is 11.6 Å². The third kappa shape index (κ3) is 3.04. The van der Waals surface area contributed by atoms with E-state index in [9.17, 15) is 19.8 Å². The van der Waals surface area contributed by atoms with Gasteiger partial charge in [0.05, 0.1) is 12.7 Å². The first-order valence-electron chi connectivity index (χ1n) is 8.99. The van der Waals surface area contributed by atoms with Gasteiger partial charge >= 0.3 is 0 Å². The molecule has 5 atom stereocenters. The molecule has 4 unspecified atom stereocenters. The SMILES string of the molecule is CC1(C)C2CCC1(C)C(O)C2CC(=O)N[C@@H](CO)C(=O)Nc1nccs1. The molecule has 144 valence electrons. The number of thiazole rings is 1. The highest BCUT2D eigenvalue weighted by Gasteiger charge is 2.65. The molecule has 7 nitrogen and oxygen atoms in total. The van der Waals surface area contributed by atoms with Crippen LogP contribution in [0.4, 0.5) is 5.13 Å². The van der Waals surface area contributed by atoms with Gasteiger partial charge in [-0.05, 0) is 35.5 Å². The van der Waals surface area contributed by atoms with E-state index in [-0.39, 0.29) is 35.0 Å². The largest absolute Gasteiger partial charge is 0.394 e. The van der Waals surface area contributed by atoms with Gasteiger partial charge in [-0.1, -0.05) is 20.8 Å². The van der Waals surface area contributed by atoms with Crippen LogP contribution < -0.4 is 10.6 Å². The van der Waals surface area contributed by atoms with Crippen molar-refractivity contribution in [1.82, 2.24) is 10.3 Å². The van der Waals surface area contributed by atoms with E-state index >= 15 is 0 Å². The van der Waals surface area contributed by atoms with Crippen molar-refractivity contribution in [2.75, 3.05) is 11.9 Å². The van der Waals surface area contributed by atoms with Crippen LogP contribution in [0, 0.1) is 22.7 Å². The van der Waals surface area contributed by atoms with Crippen LogP contribution in [0.15, 0.2) is 11.6 Å². The first-order valence-corrected chi connectivity index (χ1v) is 9.87. The van der Waals surface area contributed by atoms with E-state index in [0.717, 1.165) is 12.8 Å². The topological polar surface area (TPSA) is 112 Å². The summed E-state index contributed by atoms with van der Waals surface area (Å²) in [7, 11) is 0. The fourth-order valence-corrected chi connectivity index (χ4v) is 5.46. The highest BCUT2D eigenvalue weighted by molar-refractivity contribution is 7.13. The maximum atomic E-state index is 12.5. The molecular weight excluding hydrogens is 354 g/mol. The van der Waals surface area contributed by atoms with Gasteiger partial charge in [0.25, 0.3) is 5.91 Å². The van der Waals surface area contributed by atoms with Gasteiger partial charge in [-0.15, -0.1) is 11.3 Å². The lowest BCUT2D eigenvalue weighted by Gasteiger charge is -2.37. The van der Waals surface area contributed by atoms with Crippen LogP contribution in [-0.2, 0) is 9.59 Å². The second-order valence-corrected chi connectivity index (χ2v) is 9.12. The average molecular weight is 381 g/mol. The Morgan fingerprint density at radius 2 is 2.15 bits per heavy atom. The van der Waals surface area contributed by atoms with Gasteiger partial charge in [-0.25, -0.2) is 4.98 Å². The quantitative estimate of drug-likeness (QED) is 0.595. The van der Waals surface area contributed by atoms with Crippen molar-refractivity contribution in [3.8, 4) is 0 Å². The molecule has 0 aromatic carbocycles. The Bertz CT molecular complexity index is 678. The number of amides is 2. The Balaban J connectivity index is 1.60. The Morgan fingerprint density at radius 1 is 1.42 bits per heavy atom. The van der Waals surface area contributed by atoms with Crippen LogP contribution in [0.2, 0.25) is 0 Å². The summed E-state index contributed by atoms with van der Waals surface area (Å²) in [6, 6.07) is -1.04. The fraction of sp³-hybridized carbons (Fsp3) is 0.722. The number of aliphatic hydroxyl groups excluding tert-OH is 2. The summed E-state index contributed by atoms with van der Waals surface area (Å²) in [5, 5.41) is 27.6. The molecular formula is C18H27N3O4S. The predicted molar refractivity (Wildman–Crippen MR) is 98.5 cm³/mol. The Kier molecular flexibility index (Phi) is 5.11. The zero-order chi connectivity index (χ0) is 19.1. The van der Waals surface area contributed by atoms with Crippen molar-refractivity contribution >= 4 is 28.3 Å². The van der Waals surface area contributed by atoms with E-state index in [0.29, 0.717) is 5.13 Å². The van der Waals surface area contributed by atoms with Crippen molar-refractivity contribution in [2.45, 2.75) is 52.2 Å². The molecule has 0 spiro atoms. The lowest BCUT2D eigenvalue weighted by Crippen LogP contribution is -2.47. The molecule has 0 radical (unpaired) electrons. The van der Waals surface area contributed by atoms with Gasteiger partial charge in [0, 0.05) is 18.0 Å². The first-order chi connectivity index (χ1) is 12.2.